The van der Waals surface area contributed by atoms with Gasteiger partial charge in [0.15, 0.2) is 6.04 Å². The number of carbonyl (C=O) groups is 4. The van der Waals surface area contributed by atoms with E-state index in [1.165, 1.54) is 0 Å². The average molecular weight is 371 g/mol. The fourth-order valence-corrected chi connectivity index (χ4v) is 2.05. The summed E-state index contributed by atoms with van der Waals surface area (Å²) in [5, 5.41) is 4.93. The highest BCUT2D eigenvalue weighted by Gasteiger charge is 2.28. The van der Waals surface area contributed by atoms with Gasteiger partial charge in [0.05, 0.1) is 19.7 Å². The molecular formula is C15H19ClN4O5. The van der Waals surface area contributed by atoms with Crippen LogP contribution < -0.4 is 16.4 Å². The number of nitrogens with two attached hydrogens (primary N) is 1. The van der Waals surface area contributed by atoms with Gasteiger partial charge >= 0.3 is 12.0 Å². The first-order chi connectivity index (χ1) is 11.4. The number of benzene rings is 1. The zero-order valence-electron chi connectivity index (χ0n) is 13.5. The molecule has 0 saturated carbocycles. The highest BCUT2D eigenvalue weighted by atomic mass is 35.5. The number of hydrogen-bond donors (Lipinski definition) is 3. The van der Waals surface area contributed by atoms with Crippen LogP contribution in [0.1, 0.15) is 12.5 Å². The van der Waals surface area contributed by atoms with Crippen molar-refractivity contribution in [2.45, 2.75) is 19.5 Å². The van der Waals surface area contributed by atoms with Crippen molar-refractivity contribution in [3.05, 3.63) is 29.8 Å². The molecule has 10 heteroatoms. The number of hydrogen-bond acceptors (Lipinski definition) is 6. The molecule has 0 radical (unpaired) electrons. The molecule has 1 saturated heterocycles. The number of ether oxygens (including phenoxy) is 1. The van der Waals surface area contributed by atoms with Crippen molar-refractivity contribution >= 4 is 41.9 Å². The Hall–Kier alpha value is -2.65. The molecule has 1 atom stereocenters. The van der Waals surface area contributed by atoms with Crippen LogP contribution in [0.15, 0.2) is 24.3 Å². The quantitative estimate of drug-likeness (QED) is 0.366. The number of rotatable bonds is 6. The molecule has 1 unspecified atom stereocenters. The monoisotopic (exact) mass is 370 g/mol. The molecule has 0 aromatic heterocycles. The summed E-state index contributed by atoms with van der Waals surface area (Å²) in [6.07, 6.45) is 0. The van der Waals surface area contributed by atoms with E-state index in [0.717, 1.165) is 4.90 Å². The third-order valence-electron chi connectivity index (χ3n) is 3.32. The molecule has 1 aromatic carbocycles. The summed E-state index contributed by atoms with van der Waals surface area (Å²) in [6, 6.07) is 4.65. The zero-order valence-corrected chi connectivity index (χ0v) is 14.3. The second-order valence-electron chi connectivity index (χ2n) is 5.05. The van der Waals surface area contributed by atoms with Crippen molar-refractivity contribution in [3.63, 3.8) is 0 Å². The van der Waals surface area contributed by atoms with Crippen LogP contribution in [0, 0.1) is 0 Å². The minimum absolute atomic E-state index is 0. The molecule has 0 aliphatic carbocycles. The van der Waals surface area contributed by atoms with E-state index in [4.69, 9.17) is 5.73 Å². The van der Waals surface area contributed by atoms with Gasteiger partial charge in [-0.1, -0.05) is 12.1 Å². The number of urea groups is 1. The predicted molar refractivity (Wildman–Crippen MR) is 90.9 cm³/mol. The van der Waals surface area contributed by atoms with Crippen molar-refractivity contribution in [1.82, 2.24) is 10.2 Å². The number of anilines is 1. The summed E-state index contributed by atoms with van der Waals surface area (Å²) in [5.41, 5.74) is 6.64. The molecule has 1 heterocycles. The van der Waals surface area contributed by atoms with E-state index in [-0.39, 0.29) is 38.0 Å². The largest absolute Gasteiger partial charge is 0.464 e. The second-order valence-corrected chi connectivity index (χ2v) is 5.05. The minimum atomic E-state index is -1.41. The van der Waals surface area contributed by atoms with E-state index >= 15 is 0 Å². The lowest BCUT2D eigenvalue weighted by Crippen LogP contribution is -2.43. The van der Waals surface area contributed by atoms with Crippen LogP contribution in [0.4, 0.5) is 10.5 Å². The smallest absolute Gasteiger partial charge is 0.332 e. The van der Waals surface area contributed by atoms with Gasteiger partial charge in [0, 0.05) is 5.69 Å². The molecule has 4 N–H and O–H groups in total. The van der Waals surface area contributed by atoms with Crippen molar-refractivity contribution in [1.29, 1.82) is 0 Å². The molecule has 1 aromatic rings. The Morgan fingerprint density at radius 2 is 1.96 bits per heavy atom. The maximum Gasteiger partial charge on any atom is 0.332 e. The maximum absolute atomic E-state index is 11.8. The van der Waals surface area contributed by atoms with Crippen LogP contribution in [-0.4, -0.2) is 47.9 Å². The highest BCUT2D eigenvalue weighted by molar-refractivity contribution is 6.08. The van der Waals surface area contributed by atoms with Gasteiger partial charge in [-0.15, -0.1) is 12.4 Å². The number of nitrogens with one attached hydrogen (secondary N) is 2. The number of carbonyl (C=O) groups excluding carboxylic acids is 4. The molecule has 2 rings (SSSR count). The van der Waals surface area contributed by atoms with Gasteiger partial charge in [0.25, 0.3) is 5.91 Å². The lowest BCUT2D eigenvalue weighted by atomic mass is 10.2. The first kappa shape index (κ1) is 20.4. The highest BCUT2D eigenvalue weighted by Crippen LogP contribution is 2.13. The van der Waals surface area contributed by atoms with E-state index in [2.05, 4.69) is 15.4 Å². The lowest BCUT2D eigenvalue weighted by molar-refractivity contribution is -0.147. The van der Waals surface area contributed by atoms with Crippen LogP contribution in [0.5, 0.6) is 0 Å². The molecule has 0 spiro atoms. The van der Waals surface area contributed by atoms with E-state index in [1.54, 1.807) is 31.2 Å². The molecule has 4 amide bonds. The van der Waals surface area contributed by atoms with E-state index in [0.29, 0.717) is 11.3 Å². The van der Waals surface area contributed by atoms with E-state index < -0.39 is 23.9 Å². The first-order valence-electron chi connectivity index (χ1n) is 7.32. The third-order valence-corrected chi connectivity index (χ3v) is 3.32. The number of esters is 1. The van der Waals surface area contributed by atoms with Gasteiger partial charge in [-0.05, 0) is 24.6 Å². The molecule has 25 heavy (non-hydrogen) atoms. The van der Waals surface area contributed by atoms with Crippen molar-refractivity contribution in [3.8, 4) is 0 Å². The Morgan fingerprint density at radius 3 is 2.48 bits per heavy atom. The summed E-state index contributed by atoms with van der Waals surface area (Å²) >= 11 is 0. The number of imide groups is 1. The summed E-state index contributed by atoms with van der Waals surface area (Å²) in [7, 11) is 0. The Balaban J connectivity index is 0.00000312. The van der Waals surface area contributed by atoms with Crippen LogP contribution in [0.2, 0.25) is 0 Å². The lowest BCUT2D eigenvalue weighted by Gasteiger charge is -2.14. The van der Waals surface area contributed by atoms with Gasteiger partial charge in [0.2, 0.25) is 5.91 Å². The van der Waals surface area contributed by atoms with Crippen molar-refractivity contribution in [2.24, 2.45) is 5.73 Å². The van der Waals surface area contributed by atoms with Crippen molar-refractivity contribution in [2.75, 3.05) is 18.5 Å². The summed E-state index contributed by atoms with van der Waals surface area (Å²) in [4.78, 5) is 47.3. The maximum atomic E-state index is 11.8. The Labute approximate surface area is 150 Å². The third kappa shape index (κ3) is 5.16. The topological polar surface area (TPSA) is 131 Å². The zero-order chi connectivity index (χ0) is 17.7. The molecule has 1 fully saturated rings. The van der Waals surface area contributed by atoms with Crippen LogP contribution in [0.25, 0.3) is 0 Å². The summed E-state index contributed by atoms with van der Waals surface area (Å²) < 4.78 is 4.68. The van der Waals surface area contributed by atoms with Gasteiger partial charge in [-0.3, -0.25) is 14.5 Å². The molecule has 1 aliphatic rings. The molecular weight excluding hydrogens is 352 g/mol. The van der Waals surface area contributed by atoms with Crippen LogP contribution in [0.3, 0.4) is 0 Å². The number of amides is 4. The summed E-state index contributed by atoms with van der Waals surface area (Å²) in [6.45, 7) is 1.89. The second kappa shape index (κ2) is 9.00. The van der Waals surface area contributed by atoms with Gasteiger partial charge in [-0.25, -0.2) is 9.59 Å². The molecule has 136 valence electrons. The first-order valence-corrected chi connectivity index (χ1v) is 7.32. The standard InChI is InChI=1S/C15H18N4O5.ClH/c1-2-24-14(22)12(16)13(21)18-10-5-3-9(4-6-10)8-19-11(20)7-17-15(19)23;/h3-6,12H,2,7-8,16H2,1H3,(H,17,23)(H,18,21);1H. The van der Waals surface area contributed by atoms with E-state index in [9.17, 15) is 19.2 Å². The minimum Gasteiger partial charge on any atom is -0.464 e. The molecule has 1 aliphatic heterocycles. The molecule has 9 nitrogen and oxygen atoms in total. The Bertz CT molecular complexity index is 648. The van der Waals surface area contributed by atoms with E-state index in [1.807, 2.05) is 0 Å². The summed E-state index contributed by atoms with van der Waals surface area (Å²) in [5.74, 6) is -1.78. The fourth-order valence-electron chi connectivity index (χ4n) is 2.05. The predicted octanol–water partition coefficient (Wildman–Crippen LogP) is -0.0109. The van der Waals surface area contributed by atoms with Crippen molar-refractivity contribution < 1.29 is 23.9 Å². The number of nitrogens with zero attached hydrogens (tertiary/aromatic N) is 1. The number of halogens is 1. The SMILES string of the molecule is CCOC(=O)C(N)C(=O)Nc1ccc(CN2C(=O)CNC2=O)cc1.Cl. The molecule has 0 bridgehead atoms. The van der Waals surface area contributed by atoms with Gasteiger partial charge in [0.1, 0.15) is 0 Å². The average Bonchev–Trinajstić information content (AvgIpc) is 2.88. The van der Waals surface area contributed by atoms with Crippen LogP contribution in [-0.2, 0) is 25.7 Å². The fraction of sp³-hybridized carbons (Fsp3) is 0.333. The normalized spacial score (nSPS) is 14.4. The Morgan fingerprint density at radius 1 is 1.32 bits per heavy atom. The Kier molecular flexibility index (Phi) is 7.34. The van der Waals surface area contributed by atoms with Gasteiger partial charge in [-0.2, -0.15) is 0 Å². The van der Waals surface area contributed by atoms with Gasteiger partial charge < -0.3 is 21.1 Å². The van der Waals surface area contributed by atoms with Crippen LogP contribution >= 0.6 is 12.4 Å².